The van der Waals surface area contributed by atoms with Gasteiger partial charge in [-0.25, -0.2) is 9.78 Å². The summed E-state index contributed by atoms with van der Waals surface area (Å²) in [6.07, 6.45) is 1.74. The molecular formula is C4H8O5. The van der Waals surface area contributed by atoms with Crippen molar-refractivity contribution < 1.29 is 24.9 Å². The molecular weight excluding hydrogens is 128 g/mol. The van der Waals surface area contributed by atoms with E-state index in [2.05, 4.69) is 24.9 Å². The molecule has 0 aliphatic carbocycles. The lowest BCUT2D eigenvalue weighted by Crippen LogP contribution is -1.96. The summed E-state index contributed by atoms with van der Waals surface area (Å²) >= 11 is 0. The van der Waals surface area contributed by atoms with E-state index in [1.807, 2.05) is 0 Å². The fraction of sp³-hybridized carbons (Fsp3) is 1.00. The van der Waals surface area contributed by atoms with E-state index in [9.17, 15) is 0 Å². The van der Waals surface area contributed by atoms with Crippen molar-refractivity contribution in [2.75, 3.05) is 13.2 Å². The molecule has 0 radical (unpaired) electrons. The van der Waals surface area contributed by atoms with Gasteiger partial charge in [-0.05, 0) is 28.0 Å². The quantitative estimate of drug-likeness (QED) is 0.454. The van der Waals surface area contributed by atoms with Crippen LogP contribution in [0.5, 0.6) is 0 Å². The first-order chi connectivity index (χ1) is 4.50. The van der Waals surface area contributed by atoms with Gasteiger partial charge in [-0.1, -0.05) is 0 Å². The standard InChI is InChI=1S/C4H8O5/c1-2-4-6-8-9-7-5-3-1/h1-4H2. The zero-order chi connectivity index (χ0) is 6.36. The van der Waals surface area contributed by atoms with E-state index in [4.69, 9.17) is 0 Å². The maximum absolute atomic E-state index is 4.43. The number of hydrogen-bond acceptors (Lipinski definition) is 5. The summed E-state index contributed by atoms with van der Waals surface area (Å²) in [5.41, 5.74) is 0. The second kappa shape index (κ2) is 4.66. The van der Waals surface area contributed by atoms with Crippen LogP contribution in [0.25, 0.3) is 0 Å². The van der Waals surface area contributed by atoms with E-state index in [1.54, 1.807) is 0 Å². The zero-order valence-electron chi connectivity index (χ0n) is 4.87. The molecule has 0 aromatic carbocycles. The lowest BCUT2D eigenvalue weighted by Gasteiger charge is -1.94. The molecule has 54 valence electrons. The molecule has 9 heavy (non-hydrogen) atoms. The van der Waals surface area contributed by atoms with Gasteiger partial charge in [0.2, 0.25) is 0 Å². The Bertz CT molecular complexity index is 37.4. The Hall–Kier alpha value is -0.200. The van der Waals surface area contributed by atoms with Gasteiger partial charge in [0, 0.05) is 0 Å². The normalized spacial score (nSPS) is 24.0. The predicted octanol–water partition coefficient (Wildman–Crippen LogP) is 0.523. The van der Waals surface area contributed by atoms with Crippen LogP contribution in [-0.4, -0.2) is 13.2 Å². The molecule has 1 heterocycles. The topological polar surface area (TPSA) is 46.2 Å². The molecule has 0 bridgehead atoms. The first-order valence-corrected chi connectivity index (χ1v) is 2.74. The van der Waals surface area contributed by atoms with Gasteiger partial charge in [-0.2, -0.15) is 0 Å². The number of hydrogen-bond donors (Lipinski definition) is 0. The van der Waals surface area contributed by atoms with Gasteiger partial charge in [0.15, 0.2) is 0 Å². The molecule has 5 heteroatoms. The summed E-state index contributed by atoms with van der Waals surface area (Å²) in [4.78, 5) is 8.85. The molecule has 0 amide bonds. The summed E-state index contributed by atoms with van der Waals surface area (Å²) in [6, 6.07) is 0. The predicted molar refractivity (Wildman–Crippen MR) is 24.4 cm³/mol. The van der Waals surface area contributed by atoms with E-state index in [-0.39, 0.29) is 0 Å². The largest absolute Gasteiger partial charge is 0.204 e. The van der Waals surface area contributed by atoms with Crippen LogP contribution in [0.2, 0.25) is 0 Å². The van der Waals surface area contributed by atoms with Crippen molar-refractivity contribution in [3.05, 3.63) is 0 Å². The van der Waals surface area contributed by atoms with Crippen molar-refractivity contribution in [1.29, 1.82) is 0 Å². The van der Waals surface area contributed by atoms with Crippen LogP contribution in [0.1, 0.15) is 12.8 Å². The van der Waals surface area contributed by atoms with E-state index < -0.39 is 0 Å². The molecule has 1 aliphatic heterocycles. The molecule has 0 saturated carbocycles. The van der Waals surface area contributed by atoms with Gasteiger partial charge in [0.05, 0.1) is 13.2 Å². The molecule has 0 N–H and O–H groups in total. The molecule has 1 fully saturated rings. The summed E-state index contributed by atoms with van der Waals surface area (Å²) in [6.45, 7) is 0.986. The van der Waals surface area contributed by atoms with Crippen molar-refractivity contribution in [2.45, 2.75) is 12.8 Å². The van der Waals surface area contributed by atoms with Crippen LogP contribution < -0.4 is 0 Å². The Balaban J connectivity index is 2.02. The van der Waals surface area contributed by atoms with Gasteiger partial charge in [0.1, 0.15) is 0 Å². The lowest BCUT2D eigenvalue weighted by atomic mass is 10.3. The highest BCUT2D eigenvalue weighted by Gasteiger charge is 1.97. The van der Waals surface area contributed by atoms with Crippen LogP contribution in [0.3, 0.4) is 0 Å². The van der Waals surface area contributed by atoms with Crippen LogP contribution in [0, 0.1) is 0 Å². The van der Waals surface area contributed by atoms with Crippen LogP contribution in [0.15, 0.2) is 0 Å². The summed E-state index contributed by atoms with van der Waals surface area (Å²) in [5.74, 6) is 0. The highest BCUT2D eigenvalue weighted by molar-refractivity contribution is 4.33. The summed E-state index contributed by atoms with van der Waals surface area (Å²) < 4.78 is 0. The maximum Gasteiger partial charge on any atom is 0.0855 e. The third-order valence-corrected chi connectivity index (χ3v) is 0.857. The first kappa shape index (κ1) is 6.91. The Morgan fingerprint density at radius 3 is 1.78 bits per heavy atom. The molecule has 0 aromatic heterocycles. The van der Waals surface area contributed by atoms with Crippen molar-refractivity contribution >= 4 is 0 Å². The minimum absolute atomic E-state index is 0.493. The fourth-order valence-electron chi connectivity index (χ4n) is 0.441. The maximum atomic E-state index is 4.43. The van der Waals surface area contributed by atoms with Gasteiger partial charge in [-0.3, -0.25) is 0 Å². The smallest absolute Gasteiger partial charge is 0.0855 e. The average molecular weight is 136 g/mol. The first-order valence-electron chi connectivity index (χ1n) is 2.74. The molecule has 1 aliphatic rings. The Morgan fingerprint density at radius 1 is 0.667 bits per heavy atom. The SMILES string of the molecule is C1CCOOOOOC1. The van der Waals surface area contributed by atoms with Crippen molar-refractivity contribution in [3.8, 4) is 0 Å². The van der Waals surface area contributed by atoms with Gasteiger partial charge in [-0.15, -0.1) is 0 Å². The number of rotatable bonds is 0. The molecule has 1 rings (SSSR count). The third-order valence-electron chi connectivity index (χ3n) is 0.857. The van der Waals surface area contributed by atoms with E-state index >= 15 is 0 Å². The fourth-order valence-corrected chi connectivity index (χ4v) is 0.441. The Labute approximate surface area is 52.1 Å². The minimum Gasteiger partial charge on any atom is -0.204 e. The molecule has 0 unspecified atom stereocenters. The third kappa shape index (κ3) is 3.39. The van der Waals surface area contributed by atoms with Crippen LogP contribution in [0.4, 0.5) is 0 Å². The average Bonchev–Trinajstić information content (AvgIpc) is 2.00. The molecule has 0 aromatic rings. The van der Waals surface area contributed by atoms with Crippen LogP contribution in [-0.2, 0) is 24.9 Å². The van der Waals surface area contributed by atoms with Gasteiger partial charge in [0.25, 0.3) is 0 Å². The van der Waals surface area contributed by atoms with E-state index in [0.717, 1.165) is 12.8 Å². The summed E-state index contributed by atoms with van der Waals surface area (Å²) in [7, 11) is 0. The zero-order valence-corrected chi connectivity index (χ0v) is 4.87. The highest BCUT2D eigenvalue weighted by Crippen LogP contribution is 1.97. The van der Waals surface area contributed by atoms with Crippen molar-refractivity contribution in [1.82, 2.24) is 0 Å². The van der Waals surface area contributed by atoms with Crippen molar-refractivity contribution in [3.63, 3.8) is 0 Å². The monoisotopic (exact) mass is 136 g/mol. The van der Waals surface area contributed by atoms with Gasteiger partial charge >= 0.3 is 0 Å². The molecule has 0 atom stereocenters. The molecule has 1 saturated heterocycles. The summed E-state index contributed by atoms with van der Waals surface area (Å²) in [5, 5.41) is 11.9. The Morgan fingerprint density at radius 2 is 1.22 bits per heavy atom. The Kier molecular flexibility index (Phi) is 3.58. The molecule has 0 spiro atoms. The van der Waals surface area contributed by atoms with Crippen LogP contribution >= 0.6 is 0 Å². The van der Waals surface area contributed by atoms with Gasteiger partial charge < -0.3 is 0 Å². The van der Waals surface area contributed by atoms with E-state index in [1.165, 1.54) is 0 Å². The second-order valence-corrected chi connectivity index (χ2v) is 1.56. The second-order valence-electron chi connectivity index (χ2n) is 1.56. The lowest BCUT2D eigenvalue weighted by molar-refractivity contribution is -0.706. The highest BCUT2D eigenvalue weighted by atomic mass is 17.8. The van der Waals surface area contributed by atoms with Crippen molar-refractivity contribution in [2.24, 2.45) is 0 Å². The minimum atomic E-state index is 0.493. The van der Waals surface area contributed by atoms with E-state index in [0.29, 0.717) is 13.2 Å². The molecule has 5 nitrogen and oxygen atoms in total.